The molecular formula is C16H18F3NO2. The molecule has 0 heterocycles. The Morgan fingerprint density at radius 3 is 2.45 bits per heavy atom. The fraction of sp³-hybridized carbons (Fsp3) is 0.438. The lowest BCUT2D eigenvalue weighted by molar-refractivity contribution is -0.264. The molecule has 3 nitrogen and oxygen atoms in total. The van der Waals surface area contributed by atoms with E-state index < -0.39 is 24.2 Å². The van der Waals surface area contributed by atoms with Gasteiger partial charge in [-0.15, -0.1) is 0 Å². The van der Waals surface area contributed by atoms with Crippen molar-refractivity contribution in [2.45, 2.75) is 31.0 Å². The standard InChI is InChI=1S/C16H18F3NO2/c17-16(18,19)15(22,13-9-5-2-6-10-13)11-20-14(21)12-7-3-1-4-8-12/h1-3,5-6,9-10,12,22H,4,7-8,11H2,(H,20,21). The molecule has 120 valence electrons. The van der Waals surface area contributed by atoms with E-state index in [2.05, 4.69) is 5.32 Å². The number of amides is 1. The summed E-state index contributed by atoms with van der Waals surface area (Å²) in [6.07, 6.45) is 0.773. The number of alkyl halides is 3. The number of nitrogens with one attached hydrogen (secondary N) is 1. The van der Waals surface area contributed by atoms with Crippen LogP contribution in [0.2, 0.25) is 0 Å². The predicted molar refractivity (Wildman–Crippen MR) is 75.9 cm³/mol. The van der Waals surface area contributed by atoms with Gasteiger partial charge < -0.3 is 10.4 Å². The van der Waals surface area contributed by atoms with Crippen LogP contribution < -0.4 is 5.32 Å². The zero-order chi connectivity index (χ0) is 16.2. The van der Waals surface area contributed by atoms with E-state index >= 15 is 0 Å². The second-order valence-electron chi connectivity index (χ2n) is 5.42. The number of carbonyl (C=O) groups excluding carboxylic acids is 1. The summed E-state index contributed by atoms with van der Waals surface area (Å²) in [5, 5.41) is 12.4. The molecule has 0 saturated heterocycles. The molecule has 2 unspecified atom stereocenters. The number of rotatable bonds is 4. The highest BCUT2D eigenvalue weighted by Gasteiger charge is 2.55. The van der Waals surface area contributed by atoms with Gasteiger partial charge in [-0.1, -0.05) is 42.5 Å². The topological polar surface area (TPSA) is 49.3 Å². The van der Waals surface area contributed by atoms with Gasteiger partial charge in [0.25, 0.3) is 0 Å². The molecule has 2 N–H and O–H groups in total. The zero-order valence-corrected chi connectivity index (χ0v) is 11.9. The van der Waals surface area contributed by atoms with E-state index in [1.165, 1.54) is 24.3 Å². The number of hydrogen-bond donors (Lipinski definition) is 2. The molecule has 1 aliphatic rings. The van der Waals surface area contributed by atoms with E-state index in [1.54, 1.807) is 6.07 Å². The third-order valence-electron chi connectivity index (χ3n) is 3.88. The second kappa shape index (κ2) is 6.52. The molecule has 6 heteroatoms. The van der Waals surface area contributed by atoms with Gasteiger partial charge in [-0.05, 0) is 24.8 Å². The Hall–Kier alpha value is -1.82. The maximum Gasteiger partial charge on any atom is 0.423 e. The van der Waals surface area contributed by atoms with Gasteiger partial charge in [0.1, 0.15) is 0 Å². The minimum absolute atomic E-state index is 0.286. The lowest BCUT2D eigenvalue weighted by atomic mass is 9.91. The second-order valence-corrected chi connectivity index (χ2v) is 5.42. The number of hydrogen-bond acceptors (Lipinski definition) is 2. The van der Waals surface area contributed by atoms with Crippen LogP contribution in [0.25, 0.3) is 0 Å². The first kappa shape index (κ1) is 16.5. The Morgan fingerprint density at radius 1 is 1.23 bits per heavy atom. The van der Waals surface area contributed by atoms with Crippen molar-refractivity contribution in [1.82, 2.24) is 5.32 Å². The fourth-order valence-corrected chi connectivity index (χ4v) is 2.47. The van der Waals surface area contributed by atoms with Crippen LogP contribution in [0, 0.1) is 5.92 Å². The van der Waals surface area contributed by atoms with Gasteiger partial charge in [-0.25, -0.2) is 0 Å². The number of halogens is 3. The average molecular weight is 313 g/mol. The Bertz CT molecular complexity index is 542. The maximum atomic E-state index is 13.3. The molecule has 2 atom stereocenters. The summed E-state index contributed by atoms with van der Waals surface area (Å²) < 4.78 is 39.8. The van der Waals surface area contributed by atoms with E-state index in [0.29, 0.717) is 12.8 Å². The van der Waals surface area contributed by atoms with Crippen LogP contribution >= 0.6 is 0 Å². The largest absolute Gasteiger partial charge is 0.423 e. The van der Waals surface area contributed by atoms with Crippen molar-refractivity contribution in [3.8, 4) is 0 Å². The smallest absolute Gasteiger partial charge is 0.375 e. The first-order valence-electron chi connectivity index (χ1n) is 7.12. The van der Waals surface area contributed by atoms with Crippen LogP contribution in [-0.2, 0) is 10.4 Å². The van der Waals surface area contributed by atoms with Gasteiger partial charge in [0.05, 0.1) is 6.54 Å². The molecule has 1 aliphatic carbocycles. The average Bonchev–Trinajstić information content (AvgIpc) is 2.53. The van der Waals surface area contributed by atoms with Gasteiger partial charge in [0, 0.05) is 5.92 Å². The number of carbonyl (C=O) groups is 1. The van der Waals surface area contributed by atoms with Crippen molar-refractivity contribution in [3.05, 3.63) is 48.0 Å². The lowest BCUT2D eigenvalue weighted by Gasteiger charge is -2.31. The van der Waals surface area contributed by atoms with Crippen LogP contribution in [0.5, 0.6) is 0 Å². The Balaban J connectivity index is 2.11. The van der Waals surface area contributed by atoms with E-state index in [-0.39, 0.29) is 11.5 Å². The Morgan fingerprint density at radius 2 is 1.91 bits per heavy atom. The number of benzene rings is 1. The van der Waals surface area contributed by atoms with E-state index in [4.69, 9.17) is 0 Å². The number of aliphatic hydroxyl groups is 1. The molecule has 0 bridgehead atoms. The van der Waals surface area contributed by atoms with E-state index in [0.717, 1.165) is 6.42 Å². The summed E-state index contributed by atoms with van der Waals surface area (Å²) in [4.78, 5) is 12.0. The zero-order valence-electron chi connectivity index (χ0n) is 11.9. The monoisotopic (exact) mass is 313 g/mol. The van der Waals surface area contributed by atoms with Crippen LogP contribution in [0.3, 0.4) is 0 Å². The highest BCUT2D eigenvalue weighted by atomic mass is 19.4. The molecule has 0 aromatic heterocycles. The summed E-state index contributed by atoms with van der Waals surface area (Å²) in [6, 6.07) is 6.79. The SMILES string of the molecule is O=C(NCC(O)(c1ccccc1)C(F)(F)F)C1CC=CCC1. The van der Waals surface area contributed by atoms with Crippen molar-refractivity contribution < 1.29 is 23.1 Å². The molecule has 0 radical (unpaired) electrons. The highest BCUT2D eigenvalue weighted by Crippen LogP contribution is 2.38. The first-order valence-corrected chi connectivity index (χ1v) is 7.12. The highest BCUT2D eigenvalue weighted by molar-refractivity contribution is 5.79. The molecule has 0 aliphatic heterocycles. The van der Waals surface area contributed by atoms with Gasteiger partial charge in [0.15, 0.2) is 0 Å². The van der Waals surface area contributed by atoms with Crippen LogP contribution in [0.1, 0.15) is 24.8 Å². The van der Waals surface area contributed by atoms with Gasteiger partial charge >= 0.3 is 6.18 Å². The van der Waals surface area contributed by atoms with Crippen LogP contribution in [-0.4, -0.2) is 23.7 Å². The van der Waals surface area contributed by atoms with E-state index in [1.807, 2.05) is 12.2 Å². The Kier molecular flexibility index (Phi) is 4.90. The predicted octanol–water partition coefficient (Wildman–Crippen LogP) is 2.91. The van der Waals surface area contributed by atoms with Crippen LogP contribution in [0.4, 0.5) is 13.2 Å². The molecule has 1 aromatic carbocycles. The molecular weight excluding hydrogens is 295 g/mol. The maximum absolute atomic E-state index is 13.3. The van der Waals surface area contributed by atoms with Gasteiger partial charge in [0.2, 0.25) is 11.5 Å². The van der Waals surface area contributed by atoms with Crippen molar-refractivity contribution in [3.63, 3.8) is 0 Å². The lowest BCUT2D eigenvalue weighted by Crippen LogP contribution is -2.51. The summed E-state index contributed by atoms with van der Waals surface area (Å²) in [6.45, 7) is -0.889. The molecule has 2 rings (SSSR count). The van der Waals surface area contributed by atoms with Crippen molar-refractivity contribution in [2.75, 3.05) is 6.54 Å². The molecule has 0 saturated carbocycles. The van der Waals surface area contributed by atoms with Crippen LogP contribution in [0.15, 0.2) is 42.5 Å². The summed E-state index contributed by atoms with van der Waals surface area (Å²) in [5.41, 5.74) is -3.37. The van der Waals surface area contributed by atoms with Gasteiger partial charge in [-0.3, -0.25) is 4.79 Å². The van der Waals surface area contributed by atoms with Crippen molar-refractivity contribution >= 4 is 5.91 Å². The molecule has 22 heavy (non-hydrogen) atoms. The minimum Gasteiger partial charge on any atom is -0.375 e. The summed E-state index contributed by atoms with van der Waals surface area (Å²) >= 11 is 0. The molecule has 0 spiro atoms. The summed E-state index contributed by atoms with van der Waals surface area (Å²) in [7, 11) is 0. The van der Waals surface area contributed by atoms with Gasteiger partial charge in [-0.2, -0.15) is 13.2 Å². The molecule has 0 fully saturated rings. The van der Waals surface area contributed by atoms with Crippen molar-refractivity contribution in [1.29, 1.82) is 0 Å². The fourth-order valence-electron chi connectivity index (χ4n) is 2.47. The summed E-state index contributed by atoms with van der Waals surface area (Å²) in [5.74, 6) is -0.791. The molecule has 1 aromatic rings. The number of allylic oxidation sites excluding steroid dienone is 2. The first-order chi connectivity index (χ1) is 10.3. The normalized spacial score (nSPS) is 21.2. The van der Waals surface area contributed by atoms with E-state index in [9.17, 15) is 23.1 Å². The third-order valence-corrected chi connectivity index (χ3v) is 3.88. The van der Waals surface area contributed by atoms with Crippen molar-refractivity contribution in [2.24, 2.45) is 5.92 Å². The molecule has 1 amide bonds. The quantitative estimate of drug-likeness (QED) is 0.840. The Labute approximate surface area is 126 Å². The minimum atomic E-state index is -4.88. The third kappa shape index (κ3) is 3.50.